The summed E-state index contributed by atoms with van der Waals surface area (Å²) in [6, 6.07) is 0. The lowest BCUT2D eigenvalue weighted by molar-refractivity contribution is -0.163. The number of nitrogens with one attached hydrogen (secondary N) is 1. The molecule has 39 heavy (non-hydrogen) atoms. The Morgan fingerprint density at radius 3 is 1.59 bits per heavy atom. The second kappa shape index (κ2) is 30.3. The van der Waals surface area contributed by atoms with E-state index in [-0.39, 0.29) is 18.9 Å². The zero-order chi connectivity index (χ0) is 28.8. The van der Waals surface area contributed by atoms with Crippen LogP contribution in [0.3, 0.4) is 0 Å². The molecule has 0 spiro atoms. The van der Waals surface area contributed by atoms with Crippen molar-refractivity contribution in [1.82, 2.24) is 5.32 Å². The van der Waals surface area contributed by atoms with Crippen LogP contribution in [0.4, 0.5) is 0 Å². The second-order valence-electron chi connectivity index (χ2n) is 11.3. The molecule has 0 saturated heterocycles. The number of unbranched alkanes of at least 4 members (excludes halogenated alkanes) is 6. The maximum Gasteiger partial charge on any atom is 0.305 e. The summed E-state index contributed by atoms with van der Waals surface area (Å²) in [6.45, 7) is 12.5. The Labute approximate surface area is 242 Å². The SMILES string of the molecule is CCCCC(CCCC)CCOC(CCOC(=O)CCCCCNCCO)OCCC(CCCC)CCCC. The minimum Gasteiger partial charge on any atom is -0.465 e. The summed E-state index contributed by atoms with van der Waals surface area (Å²) in [5, 5.41) is 12.0. The van der Waals surface area contributed by atoms with Crippen molar-refractivity contribution in [3.63, 3.8) is 0 Å². The number of hydrogen-bond acceptors (Lipinski definition) is 6. The highest BCUT2D eigenvalue weighted by molar-refractivity contribution is 5.69. The third-order valence-electron chi connectivity index (χ3n) is 7.66. The van der Waals surface area contributed by atoms with Crippen LogP contribution in [-0.2, 0) is 19.0 Å². The summed E-state index contributed by atoms with van der Waals surface area (Å²) < 4.78 is 18.1. The first-order chi connectivity index (χ1) is 19.1. The average molecular weight is 558 g/mol. The Morgan fingerprint density at radius 1 is 0.615 bits per heavy atom. The van der Waals surface area contributed by atoms with Gasteiger partial charge in [-0.25, -0.2) is 0 Å². The molecule has 0 bridgehead atoms. The molecule has 0 unspecified atom stereocenters. The molecule has 0 amide bonds. The first-order valence-electron chi connectivity index (χ1n) is 16.8. The van der Waals surface area contributed by atoms with E-state index in [1.54, 1.807) is 0 Å². The van der Waals surface area contributed by atoms with Crippen LogP contribution in [0.5, 0.6) is 0 Å². The second-order valence-corrected chi connectivity index (χ2v) is 11.3. The molecule has 6 nitrogen and oxygen atoms in total. The van der Waals surface area contributed by atoms with Gasteiger partial charge in [0, 0.05) is 32.6 Å². The largest absolute Gasteiger partial charge is 0.465 e. The standard InChI is InChI=1S/C33H67NO5/c1-5-9-16-30(17-10-6-2)21-27-38-33(39-28-22-31(18-11-7-3)19-12-8-4)23-29-37-32(36)20-14-13-15-24-34-25-26-35/h30-31,33-35H,5-29H2,1-4H3. The predicted molar refractivity (Wildman–Crippen MR) is 164 cm³/mol. The summed E-state index contributed by atoms with van der Waals surface area (Å²) in [6.07, 6.45) is 21.1. The number of ether oxygens (including phenoxy) is 3. The molecule has 2 N–H and O–H groups in total. The maximum atomic E-state index is 12.2. The molecule has 0 aromatic carbocycles. The summed E-state index contributed by atoms with van der Waals surface area (Å²) >= 11 is 0. The minimum absolute atomic E-state index is 0.129. The molecule has 0 rings (SSSR count). The molecule has 0 fully saturated rings. The van der Waals surface area contributed by atoms with E-state index < -0.39 is 0 Å². The normalized spacial score (nSPS) is 11.8. The van der Waals surface area contributed by atoms with Gasteiger partial charge < -0.3 is 24.6 Å². The number of rotatable bonds is 31. The van der Waals surface area contributed by atoms with Gasteiger partial charge in [-0.3, -0.25) is 4.79 Å². The maximum absolute atomic E-state index is 12.2. The van der Waals surface area contributed by atoms with Gasteiger partial charge in [-0.1, -0.05) is 111 Å². The zero-order valence-corrected chi connectivity index (χ0v) is 26.5. The van der Waals surface area contributed by atoms with Gasteiger partial charge in [0.25, 0.3) is 0 Å². The Balaban J connectivity index is 4.60. The average Bonchev–Trinajstić information content (AvgIpc) is 2.94. The molecule has 0 radical (unpaired) electrons. The summed E-state index contributed by atoms with van der Waals surface area (Å²) in [7, 11) is 0. The van der Waals surface area contributed by atoms with Crippen LogP contribution in [0.2, 0.25) is 0 Å². The van der Waals surface area contributed by atoms with E-state index >= 15 is 0 Å². The molecule has 6 heteroatoms. The van der Waals surface area contributed by atoms with Crippen LogP contribution in [-0.4, -0.2) is 56.9 Å². The highest BCUT2D eigenvalue weighted by Gasteiger charge is 2.16. The van der Waals surface area contributed by atoms with Crippen molar-refractivity contribution in [3.8, 4) is 0 Å². The van der Waals surface area contributed by atoms with Crippen molar-refractivity contribution in [2.45, 2.75) is 156 Å². The van der Waals surface area contributed by atoms with E-state index in [0.717, 1.165) is 63.7 Å². The molecule has 0 heterocycles. The fraction of sp³-hybridized carbons (Fsp3) is 0.970. The molecule has 0 saturated carbocycles. The van der Waals surface area contributed by atoms with Gasteiger partial charge in [-0.2, -0.15) is 0 Å². The molecule has 0 aliphatic carbocycles. The molecular formula is C33H67NO5. The Kier molecular flexibility index (Phi) is 29.7. The van der Waals surface area contributed by atoms with Crippen molar-refractivity contribution in [2.75, 3.05) is 39.5 Å². The van der Waals surface area contributed by atoms with Gasteiger partial charge in [0.05, 0.1) is 13.2 Å². The van der Waals surface area contributed by atoms with Crippen LogP contribution in [0, 0.1) is 11.8 Å². The molecule has 0 atom stereocenters. The van der Waals surface area contributed by atoms with Gasteiger partial charge in [-0.05, 0) is 44.1 Å². The van der Waals surface area contributed by atoms with Crippen LogP contribution in [0.25, 0.3) is 0 Å². The smallest absolute Gasteiger partial charge is 0.305 e. The van der Waals surface area contributed by atoms with Crippen molar-refractivity contribution >= 4 is 5.97 Å². The highest BCUT2D eigenvalue weighted by atomic mass is 16.7. The van der Waals surface area contributed by atoms with Crippen LogP contribution in [0.15, 0.2) is 0 Å². The quantitative estimate of drug-likeness (QED) is 0.0508. The summed E-state index contributed by atoms with van der Waals surface area (Å²) in [5.41, 5.74) is 0. The van der Waals surface area contributed by atoms with Crippen molar-refractivity contribution < 1.29 is 24.1 Å². The monoisotopic (exact) mass is 558 g/mol. The highest BCUT2D eigenvalue weighted by Crippen LogP contribution is 2.22. The molecule has 0 aromatic heterocycles. The lowest BCUT2D eigenvalue weighted by atomic mass is 9.93. The van der Waals surface area contributed by atoms with Gasteiger partial charge in [-0.15, -0.1) is 0 Å². The summed E-state index contributed by atoms with van der Waals surface area (Å²) in [4.78, 5) is 12.2. The first kappa shape index (κ1) is 38.3. The fourth-order valence-electron chi connectivity index (χ4n) is 5.03. The number of aliphatic hydroxyl groups is 1. The number of carbonyl (C=O) groups excluding carboxylic acids is 1. The Bertz CT molecular complexity index is 462. The lowest BCUT2D eigenvalue weighted by Crippen LogP contribution is -2.23. The third-order valence-corrected chi connectivity index (χ3v) is 7.66. The van der Waals surface area contributed by atoms with E-state index in [0.29, 0.717) is 26.0 Å². The van der Waals surface area contributed by atoms with Crippen LogP contribution in [0.1, 0.15) is 150 Å². The van der Waals surface area contributed by atoms with Crippen LogP contribution >= 0.6 is 0 Å². The van der Waals surface area contributed by atoms with E-state index in [1.807, 2.05) is 0 Å². The number of carbonyl (C=O) groups is 1. The van der Waals surface area contributed by atoms with Gasteiger partial charge in [0.1, 0.15) is 0 Å². The molecule has 0 aliphatic heterocycles. The van der Waals surface area contributed by atoms with Crippen molar-refractivity contribution in [3.05, 3.63) is 0 Å². The van der Waals surface area contributed by atoms with Crippen LogP contribution < -0.4 is 5.32 Å². The Morgan fingerprint density at radius 2 is 1.13 bits per heavy atom. The zero-order valence-electron chi connectivity index (χ0n) is 26.5. The van der Waals surface area contributed by atoms with Crippen molar-refractivity contribution in [2.24, 2.45) is 11.8 Å². The number of aliphatic hydroxyl groups excluding tert-OH is 1. The molecule has 0 aromatic rings. The lowest BCUT2D eigenvalue weighted by Gasteiger charge is -2.23. The number of hydrogen-bond donors (Lipinski definition) is 2. The molecular weight excluding hydrogens is 490 g/mol. The van der Waals surface area contributed by atoms with Gasteiger partial charge in [0.15, 0.2) is 6.29 Å². The van der Waals surface area contributed by atoms with E-state index in [4.69, 9.17) is 19.3 Å². The predicted octanol–water partition coefficient (Wildman–Crippen LogP) is 8.19. The van der Waals surface area contributed by atoms with Gasteiger partial charge in [0.2, 0.25) is 0 Å². The minimum atomic E-state index is -0.300. The fourth-order valence-corrected chi connectivity index (χ4v) is 5.03. The topological polar surface area (TPSA) is 77.0 Å². The molecule has 0 aliphatic rings. The first-order valence-corrected chi connectivity index (χ1v) is 16.8. The number of esters is 1. The van der Waals surface area contributed by atoms with Crippen molar-refractivity contribution in [1.29, 1.82) is 0 Å². The van der Waals surface area contributed by atoms with E-state index in [9.17, 15) is 4.79 Å². The van der Waals surface area contributed by atoms with Gasteiger partial charge >= 0.3 is 5.97 Å². The van der Waals surface area contributed by atoms with E-state index in [2.05, 4.69) is 33.0 Å². The summed E-state index contributed by atoms with van der Waals surface area (Å²) in [5.74, 6) is 1.33. The van der Waals surface area contributed by atoms with E-state index in [1.165, 1.54) is 77.0 Å². The third kappa shape index (κ3) is 26.0. The molecule has 234 valence electrons. The Hall–Kier alpha value is -0.690.